The second kappa shape index (κ2) is 6.14. The van der Waals surface area contributed by atoms with E-state index in [1.165, 1.54) is 12.1 Å². The predicted octanol–water partition coefficient (Wildman–Crippen LogP) is 1.46. The standard InChI is InChI=1S/C13H17FN2O2S/c1-2-15-12-10(4-3-5-11(12)14)13(17)16-6-8-19(18)9-7-16/h3-5,15H,2,6-9H2,1H3. The minimum absolute atomic E-state index is 0.202. The van der Waals surface area contributed by atoms with Crippen molar-refractivity contribution in [1.29, 1.82) is 0 Å². The van der Waals surface area contributed by atoms with Crippen LogP contribution in [0, 0.1) is 5.82 Å². The zero-order valence-corrected chi connectivity index (χ0v) is 11.6. The van der Waals surface area contributed by atoms with E-state index in [0.717, 1.165) is 0 Å². The van der Waals surface area contributed by atoms with E-state index in [1.807, 2.05) is 6.92 Å². The van der Waals surface area contributed by atoms with Crippen molar-refractivity contribution in [2.24, 2.45) is 0 Å². The van der Waals surface area contributed by atoms with Gasteiger partial charge >= 0.3 is 0 Å². The van der Waals surface area contributed by atoms with Gasteiger partial charge in [0.25, 0.3) is 5.91 Å². The molecule has 1 saturated heterocycles. The van der Waals surface area contributed by atoms with Gasteiger partial charge in [-0.15, -0.1) is 0 Å². The van der Waals surface area contributed by atoms with Crippen LogP contribution in [-0.2, 0) is 10.8 Å². The fourth-order valence-electron chi connectivity index (χ4n) is 2.07. The summed E-state index contributed by atoms with van der Waals surface area (Å²) < 4.78 is 25.0. The second-order valence-electron chi connectivity index (χ2n) is 4.33. The highest BCUT2D eigenvalue weighted by atomic mass is 32.2. The highest BCUT2D eigenvalue weighted by Gasteiger charge is 2.24. The Morgan fingerprint density at radius 1 is 1.42 bits per heavy atom. The summed E-state index contributed by atoms with van der Waals surface area (Å²) in [5.74, 6) is 0.371. The number of carbonyl (C=O) groups is 1. The van der Waals surface area contributed by atoms with Gasteiger partial charge in [-0.05, 0) is 19.1 Å². The summed E-state index contributed by atoms with van der Waals surface area (Å²) in [5, 5.41) is 2.89. The Morgan fingerprint density at radius 3 is 2.74 bits per heavy atom. The lowest BCUT2D eigenvalue weighted by molar-refractivity contribution is 0.0772. The van der Waals surface area contributed by atoms with Gasteiger partial charge in [0.1, 0.15) is 5.82 Å². The quantitative estimate of drug-likeness (QED) is 0.914. The minimum Gasteiger partial charge on any atom is -0.382 e. The molecule has 0 bridgehead atoms. The van der Waals surface area contributed by atoms with Crippen molar-refractivity contribution >= 4 is 22.4 Å². The Bertz CT molecular complexity index is 497. The second-order valence-corrected chi connectivity index (χ2v) is 6.03. The summed E-state index contributed by atoms with van der Waals surface area (Å²) in [5.41, 5.74) is 0.594. The van der Waals surface area contributed by atoms with Gasteiger partial charge in [-0.3, -0.25) is 9.00 Å². The van der Waals surface area contributed by atoms with E-state index < -0.39 is 16.6 Å². The number of rotatable bonds is 3. The highest BCUT2D eigenvalue weighted by Crippen LogP contribution is 2.22. The molecule has 1 fully saturated rings. The van der Waals surface area contributed by atoms with Crippen LogP contribution in [0.15, 0.2) is 18.2 Å². The Morgan fingerprint density at radius 2 is 2.11 bits per heavy atom. The van der Waals surface area contributed by atoms with Crippen LogP contribution in [0.3, 0.4) is 0 Å². The fourth-order valence-corrected chi connectivity index (χ4v) is 3.12. The van der Waals surface area contributed by atoms with E-state index in [4.69, 9.17) is 0 Å². The molecule has 0 saturated carbocycles. The van der Waals surface area contributed by atoms with E-state index in [9.17, 15) is 13.4 Å². The lowest BCUT2D eigenvalue weighted by Gasteiger charge is -2.27. The summed E-state index contributed by atoms with van der Waals surface area (Å²) in [7, 11) is -0.831. The molecule has 6 heteroatoms. The lowest BCUT2D eigenvalue weighted by Crippen LogP contribution is -2.42. The maximum Gasteiger partial charge on any atom is 0.256 e. The molecule has 1 N–H and O–H groups in total. The first-order valence-electron chi connectivity index (χ1n) is 6.30. The number of amides is 1. The van der Waals surface area contributed by atoms with Crippen molar-refractivity contribution in [3.63, 3.8) is 0 Å². The van der Waals surface area contributed by atoms with Gasteiger partial charge in [-0.1, -0.05) is 6.07 Å². The van der Waals surface area contributed by atoms with E-state index in [2.05, 4.69) is 5.32 Å². The number of nitrogens with zero attached hydrogens (tertiary/aromatic N) is 1. The third kappa shape index (κ3) is 3.12. The Labute approximate surface area is 114 Å². The van der Waals surface area contributed by atoms with Crippen LogP contribution in [0.25, 0.3) is 0 Å². The van der Waals surface area contributed by atoms with Gasteiger partial charge in [0, 0.05) is 41.9 Å². The van der Waals surface area contributed by atoms with Crippen LogP contribution >= 0.6 is 0 Å². The molecule has 1 aromatic carbocycles. The summed E-state index contributed by atoms with van der Waals surface area (Å²) in [6.07, 6.45) is 0. The van der Waals surface area contributed by atoms with Crippen molar-refractivity contribution in [3.8, 4) is 0 Å². The summed E-state index contributed by atoms with van der Waals surface area (Å²) in [6.45, 7) is 3.33. The number of benzene rings is 1. The fraction of sp³-hybridized carbons (Fsp3) is 0.462. The number of para-hydroxylation sites is 1. The zero-order chi connectivity index (χ0) is 13.8. The van der Waals surface area contributed by atoms with E-state index in [1.54, 1.807) is 11.0 Å². The van der Waals surface area contributed by atoms with Crippen molar-refractivity contribution in [1.82, 2.24) is 4.90 Å². The monoisotopic (exact) mass is 284 g/mol. The first-order chi connectivity index (χ1) is 9.13. The molecular formula is C13H17FN2O2S. The van der Waals surface area contributed by atoms with Crippen molar-refractivity contribution < 1.29 is 13.4 Å². The molecule has 0 aromatic heterocycles. The molecule has 1 amide bonds. The van der Waals surface area contributed by atoms with Crippen LogP contribution in [0.5, 0.6) is 0 Å². The van der Waals surface area contributed by atoms with Gasteiger partial charge in [-0.2, -0.15) is 0 Å². The van der Waals surface area contributed by atoms with Gasteiger partial charge in [0.15, 0.2) is 0 Å². The molecular weight excluding hydrogens is 267 g/mol. The maximum atomic E-state index is 13.7. The van der Waals surface area contributed by atoms with Crippen LogP contribution in [0.4, 0.5) is 10.1 Å². The number of carbonyl (C=O) groups excluding carboxylic acids is 1. The topological polar surface area (TPSA) is 49.4 Å². The number of halogens is 1. The molecule has 1 aliphatic rings. The third-order valence-electron chi connectivity index (χ3n) is 3.06. The van der Waals surface area contributed by atoms with Crippen molar-refractivity contribution in [2.75, 3.05) is 36.5 Å². The smallest absolute Gasteiger partial charge is 0.256 e. The Kier molecular flexibility index (Phi) is 4.52. The summed E-state index contributed by atoms with van der Waals surface area (Å²) in [6, 6.07) is 4.49. The number of hydrogen-bond donors (Lipinski definition) is 1. The maximum absolute atomic E-state index is 13.7. The lowest BCUT2D eigenvalue weighted by atomic mass is 10.1. The molecule has 0 spiro atoms. The van der Waals surface area contributed by atoms with Crippen molar-refractivity contribution in [2.45, 2.75) is 6.92 Å². The molecule has 0 radical (unpaired) electrons. The third-order valence-corrected chi connectivity index (χ3v) is 4.34. The zero-order valence-electron chi connectivity index (χ0n) is 10.8. The summed E-state index contributed by atoms with van der Waals surface area (Å²) >= 11 is 0. The van der Waals surface area contributed by atoms with Crippen LogP contribution < -0.4 is 5.32 Å². The average Bonchev–Trinajstić information content (AvgIpc) is 2.41. The van der Waals surface area contributed by atoms with E-state index in [-0.39, 0.29) is 11.6 Å². The molecule has 19 heavy (non-hydrogen) atoms. The molecule has 0 unspecified atom stereocenters. The number of hydrogen-bond acceptors (Lipinski definition) is 3. The molecule has 2 rings (SSSR count). The van der Waals surface area contributed by atoms with E-state index >= 15 is 0 Å². The molecule has 1 aliphatic heterocycles. The molecule has 1 heterocycles. The van der Waals surface area contributed by atoms with Crippen molar-refractivity contribution in [3.05, 3.63) is 29.6 Å². The largest absolute Gasteiger partial charge is 0.382 e. The molecule has 0 aliphatic carbocycles. The van der Waals surface area contributed by atoms with Crippen LogP contribution in [0.2, 0.25) is 0 Å². The molecule has 1 aromatic rings. The normalized spacial score (nSPS) is 16.4. The Hall–Kier alpha value is -1.43. The average molecular weight is 284 g/mol. The van der Waals surface area contributed by atoms with Gasteiger partial charge in [0.05, 0.1) is 11.3 Å². The van der Waals surface area contributed by atoms with Gasteiger partial charge in [-0.25, -0.2) is 4.39 Å². The molecule has 0 atom stereocenters. The summed E-state index contributed by atoms with van der Waals surface area (Å²) in [4.78, 5) is 14.0. The van der Waals surface area contributed by atoms with E-state index in [0.29, 0.717) is 36.7 Å². The Balaban J connectivity index is 2.23. The first-order valence-corrected chi connectivity index (χ1v) is 7.79. The van der Waals surface area contributed by atoms with Gasteiger partial charge < -0.3 is 10.2 Å². The SMILES string of the molecule is CCNc1c(F)cccc1C(=O)N1CCS(=O)CC1. The first kappa shape index (κ1) is 14.0. The van der Waals surface area contributed by atoms with Gasteiger partial charge in [0.2, 0.25) is 0 Å². The number of anilines is 1. The molecule has 104 valence electrons. The highest BCUT2D eigenvalue weighted by molar-refractivity contribution is 7.85. The number of nitrogens with one attached hydrogen (secondary N) is 1. The molecule has 4 nitrogen and oxygen atoms in total. The van der Waals surface area contributed by atoms with Crippen LogP contribution in [-0.4, -0.2) is 46.2 Å². The predicted molar refractivity (Wildman–Crippen MR) is 74.3 cm³/mol. The van der Waals surface area contributed by atoms with Crippen LogP contribution in [0.1, 0.15) is 17.3 Å². The minimum atomic E-state index is -0.831.